The molecule has 0 aromatic heterocycles. The van der Waals surface area contributed by atoms with Crippen molar-refractivity contribution in [1.82, 2.24) is 24.7 Å². The summed E-state index contributed by atoms with van der Waals surface area (Å²) in [6, 6.07) is -1.79. The Hall–Kier alpha value is -1.29. The maximum absolute atomic E-state index is 15.5. The zero-order valence-electron chi connectivity index (χ0n) is 26.1. The number of likely N-dealkylation sites (N-methyl/N-ethyl adjacent to an activating group) is 1. The molecule has 0 aromatic carbocycles. The van der Waals surface area contributed by atoms with E-state index in [0.717, 1.165) is 12.8 Å². The van der Waals surface area contributed by atoms with Crippen molar-refractivity contribution in [2.24, 2.45) is 27.8 Å². The van der Waals surface area contributed by atoms with Gasteiger partial charge in [-0.3, -0.25) is 14.7 Å². The first-order chi connectivity index (χ1) is 20.3. The van der Waals surface area contributed by atoms with Gasteiger partial charge in [-0.05, 0) is 64.1 Å². The van der Waals surface area contributed by atoms with E-state index in [1.54, 1.807) is 4.31 Å². The molecule has 4 aliphatic heterocycles. The van der Waals surface area contributed by atoms with E-state index in [-0.39, 0.29) is 12.0 Å². The minimum Gasteiger partial charge on any atom is -0.350 e. The minimum absolute atomic E-state index is 0.149. The normalized spacial score (nSPS) is 36.1. The van der Waals surface area contributed by atoms with Crippen LogP contribution in [0.2, 0.25) is 0 Å². The third-order valence-corrected chi connectivity index (χ3v) is 12.5. The summed E-state index contributed by atoms with van der Waals surface area (Å²) in [6.45, 7) is 7.96. The highest BCUT2D eigenvalue weighted by molar-refractivity contribution is 7.89. The monoisotopic (exact) mass is 632 g/mol. The van der Waals surface area contributed by atoms with Crippen LogP contribution in [0.15, 0.2) is 4.99 Å². The topological polar surface area (TPSA) is 149 Å². The Bertz CT molecular complexity index is 1050. The summed E-state index contributed by atoms with van der Waals surface area (Å²) in [6.07, 6.45) is 2.05. The second kappa shape index (κ2) is 14.9. The van der Waals surface area contributed by atoms with Crippen molar-refractivity contribution < 1.29 is 22.0 Å². The van der Waals surface area contributed by atoms with Crippen molar-refractivity contribution in [1.29, 1.82) is 0 Å². The van der Waals surface area contributed by atoms with Gasteiger partial charge >= 0.3 is 0 Å². The van der Waals surface area contributed by atoms with E-state index >= 15 is 4.39 Å². The Labute approximate surface area is 256 Å². The Morgan fingerprint density at radius 3 is 2.42 bits per heavy atom. The summed E-state index contributed by atoms with van der Waals surface area (Å²) >= 11 is 0. The molecule has 7 atom stereocenters. The van der Waals surface area contributed by atoms with Crippen molar-refractivity contribution in [3.8, 4) is 0 Å². The van der Waals surface area contributed by atoms with Crippen molar-refractivity contribution in [3.63, 3.8) is 0 Å². The first-order valence-electron chi connectivity index (χ1n) is 16.1. The molecule has 7 unspecified atom stereocenters. The molecule has 0 spiro atoms. The van der Waals surface area contributed by atoms with Crippen LogP contribution in [-0.4, -0.2) is 136 Å². The number of nitrogens with two attached hydrogens (primary N) is 2. The predicted octanol–water partition coefficient (Wildman–Crippen LogP) is 0.450. The number of hydrogen-bond donors (Lipinski definition) is 4. The van der Waals surface area contributed by atoms with Gasteiger partial charge in [-0.2, -0.15) is 4.31 Å². The number of rotatable bonds is 9. The van der Waals surface area contributed by atoms with Crippen molar-refractivity contribution in [2.75, 3.05) is 59.4 Å². The van der Waals surface area contributed by atoms with E-state index in [4.69, 9.17) is 11.5 Å². The zero-order valence-corrected chi connectivity index (χ0v) is 27.0. The van der Waals surface area contributed by atoms with Gasteiger partial charge in [0.25, 0.3) is 0 Å². The number of amides is 1. The largest absolute Gasteiger partial charge is 0.350 e. The van der Waals surface area contributed by atoms with Gasteiger partial charge in [-0.1, -0.05) is 20.3 Å². The van der Waals surface area contributed by atoms with Crippen LogP contribution in [0.25, 0.3) is 0 Å². The number of nitrogens with zero attached hydrogens (tertiary/aromatic N) is 4. The number of alkyl halides is 2. The van der Waals surface area contributed by atoms with E-state index < -0.39 is 63.7 Å². The van der Waals surface area contributed by atoms with Gasteiger partial charge in [0.15, 0.2) is 0 Å². The molecule has 0 bridgehead atoms. The molecule has 1 amide bonds. The lowest BCUT2D eigenvalue weighted by Gasteiger charge is -2.46. The third kappa shape index (κ3) is 8.50. The van der Waals surface area contributed by atoms with Gasteiger partial charge < -0.3 is 27.0 Å². The molecule has 0 aliphatic carbocycles. The number of halogens is 2. The molecule has 0 aromatic rings. The highest BCUT2D eigenvalue weighted by Gasteiger charge is 2.45. The Kier molecular flexibility index (Phi) is 12.0. The number of sulfonamides is 1. The van der Waals surface area contributed by atoms with Crippen LogP contribution in [0.1, 0.15) is 58.8 Å². The van der Waals surface area contributed by atoms with Crippen molar-refractivity contribution >= 4 is 22.1 Å². The standard InChI is InChI=1S/C29H54F2N8O3S/c1-4-8-29(2)9-5-20(30)17-35-23(16-29)25(27(32)33)28(40)36-24-19-34-18-22(31)26(24)38-10-6-21(7-11-38)43(41,42)39-14-12-37(3)13-15-39/h17,20-27,34H,4-16,18-19,32-33H2,1-3H3,(H,36,40)/b35-17-. The summed E-state index contributed by atoms with van der Waals surface area (Å²) in [5.74, 6) is -1.32. The minimum atomic E-state index is -3.43. The summed E-state index contributed by atoms with van der Waals surface area (Å²) in [5, 5.41) is 5.62. The highest BCUT2D eigenvalue weighted by Crippen LogP contribution is 2.39. The van der Waals surface area contributed by atoms with Gasteiger partial charge in [0.05, 0.1) is 35.5 Å². The quantitative estimate of drug-likeness (QED) is 0.268. The molecule has 248 valence electrons. The Morgan fingerprint density at radius 1 is 1.12 bits per heavy atom. The number of piperazine rings is 1. The number of piperidine rings is 2. The van der Waals surface area contributed by atoms with Gasteiger partial charge in [0.1, 0.15) is 12.3 Å². The average molecular weight is 633 g/mol. The first kappa shape index (κ1) is 34.6. The maximum atomic E-state index is 15.5. The van der Waals surface area contributed by atoms with Crippen LogP contribution < -0.4 is 22.1 Å². The van der Waals surface area contributed by atoms with Crippen LogP contribution in [0, 0.1) is 11.3 Å². The van der Waals surface area contributed by atoms with Crippen LogP contribution in [0.3, 0.4) is 0 Å². The predicted molar refractivity (Wildman–Crippen MR) is 166 cm³/mol. The highest BCUT2D eigenvalue weighted by atomic mass is 32.2. The molecule has 3 fully saturated rings. The molecule has 43 heavy (non-hydrogen) atoms. The van der Waals surface area contributed by atoms with Crippen molar-refractivity contribution in [2.45, 2.75) is 101 Å². The van der Waals surface area contributed by atoms with Crippen LogP contribution in [-0.2, 0) is 14.8 Å². The maximum Gasteiger partial charge on any atom is 0.228 e. The Morgan fingerprint density at radius 2 is 1.79 bits per heavy atom. The van der Waals surface area contributed by atoms with E-state index in [2.05, 4.69) is 34.4 Å². The van der Waals surface area contributed by atoms with E-state index in [9.17, 15) is 17.6 Å². The third-order valence-electron chi connectivity index (χ3n) is 10.1. The summed E-state index contributed by atoms with van der Waals surface area (Å²) < 4.78 is 58.3. The first-order valence-corrected chi connectivity index (χ1v) is 17.6. The molecule has 0 saturated carbocycles. The van der Waals surface area contributed by atoms with Gasteiger partial charge in [0, 0.05) is 45.5 Å². The lowest BCUT2D eigenvalue weighted by molar-refractivity contribution is -0.128. The number of carbonyl (C=O) groups is 1. The molecule has 14 heteroatoms. The van der Waals surface area contributed by atoms with Crippen molar-refractivity contribution in [3.05, 3.63) is 0 Å². The molecule has 4 rings (SSSR count). The van der Waals surface area contributed by atoms with E-state index in [1.807, 2.05) is 11.9 Å². The SMILES string of the molecule is CCCC1(C)CCC(F)/C=N\C(C(C(=O)NC2CNCC(F)C2N2CCC(S(=O)(=O)N3CCN(C)CC3)CC2)C(N)N)C1. The van der Waals surface area contributed by atoms with Gasteiger partial charge in [-0.15, -0.1) is 0 Å². The lowest BCUT2D eigenvalue weighted by Crippen LogP contribution is -2.67. The molecule has 0 radical (unpaired) electrons. The molecule has 11 nitrogen and oxygen atoms in total. The smallest absolute Gasteiger partial charge is 0.228 e. The molecular formula is C29H54F2N8O3S. The van der Waals surface area contributed by atoms with Crippen LogP contribution in [0.4, 0.5) is 8.78 Å². The van der Waals surface area contributed by atoms with E-state index in [0.29, 0.717) is 77.9 Å². The second-order valence-corrected chi connectivity index (χ2v) is 15.8. The number of hydrogen-bond acceptors (Lipinski definition) is 9. The average Bonchev–Trinajstić information content (AvgIpc) is 2.94. The summed E-state index contributed by atoms with van der Waals surface area (Å²) in [4.78, 5) is 22.4. The van der Waals surface area contributed by atoms with E-state index in [1.165, 1.54) is 6.21 Å². The molecule has 6 N–H and O–H groups in total. The van der Waals surface area contributed by atoms with Crippen LogP contribution >= 0.6 is 0 Å². The zero-order chi connectivity index (χ0) is 31.4. The number of carbonyl (C=O) groups excluding carboxylic acids is 1. The summed E-state index contributed by atoms with van der Waals surface area (Å²) in [7, 11) is -1.44. The van der Waals surface area contributed by atoms with Gasteiger partial charge in [-0.25, -0.2) is 17.2 Å². The molecule has 4 aliphatic rings. The lowest BCUT2D eigenvalue weighted by atomic mass is 9.72. The fourth-order valence-electron chi connectivity index (χ4n) is 7.57. The molecule has 4 heterocycles. The molecular weight excluding hydrogens is 578 g/mol. The summed E-state index contributed by atoms with van der Waals surface area (Å²) in [5.41, 5.74) is 12.1. The number of aliphatic imine (C=N–C) groups is 1. The molecule has 3 saturated heterocycles. The van der Waals surface area contributed by atoms with Crippen LogP contribution in [0.5, 0.6) is 0 Å². The number of likely N-dealkylation sites (tertiary alicyclic amines) is 1. The van der Waals surface area contributed by atoms with Gasteiger partial charge in [0.2, 0.25) is 15.9 Å². The fourth-order valence-corrected chi connectivity index (χ4v) is 9.48. The number of nitrogens with one attached hydrogen (secondary N) is 2. The Balaban J connectivity index is 1.45. The fraction of sp³-hybridized carbons (Fsp3) is 0.931. The second-order valence-electron chi connectivity index (χ2n) is 13.6.